The maximum absolute atomic E-state index is 11.5. The molecule has 1 aromatic rings. The normalized spacial score (nSPS) is 10.9. The summed E-state index contributed by atoms with van der Waals surface area (Å²) in [4.78, 5) is 19.3. The van der Waals surface area contributed by atoms with E-state index in [-0.39, 0.29) is 12.2 Å². The van der Waals surface area contributed by atoms with Gasteiger partial charge in [-0.3, -0.25) is 4.79 Å². The van der Waals surface area contributed by atoms with Crippen LogP contribution < -0.4 is 5.32 Å². The number of sulfone groups is 1. The van der Waals surface area contributed by atoms with Gasteiger partial charge in [-0.1, -0.05) is 6.58 Å². The van der Waals surface area contributed by atoms with E-state index >= 15 is 0 Å². The van der Waals surface area contributed by atoms with Crippen LogP contribution in [0.1, 0.15) is 6.42 Å². The van der Waals surface area contributed by atoms with Gasteiger partial charge in [0.2, 0.25) is 5.91 Å². The van der Waals surface area contributed by atoms with Gasteiger partial charge in [-0.2, -0.15) is 0 Å². The second kappa shape index (κ2) is 6.50. The Bertz CT molecular complexity index is 543. The van der Waals surface area contributed by atoms with Gasteiger partial charge >= 0.3 is 0 Å². The van der Waals surface area contributed by atoms with Crippen LogP contribution in [0.2, 0.25) is 0 Å². The number of hydrogen-bond donors (Lipinski definition) is 1. The van der Waals surface area contributed by atoms with Gasteiger partial charge in [0, 0.05) is 17.9 Å². The molecule has 0 bridgehead atoms. The first kappa shape index (κ1) is 14.7. The highest BCUT2D eigenvalue weighted by Crippen LogP contribution is 2.13. The van der Waals surface area contributed by atoms with E-state index in [1.165, 1.54) is 18.1 Å². The average molecular weight is 287 g/mol. The van der Waals surface area contributed by atoms with Crippen LogP contribution in [0.5, 0.6) is 0 Å². The Morgan fingerprint density at radius 2 is 2.28 bits per heavy atom. The lowest BCUT2D eigenvalue weighted by Gasteiger charge is -2.04. The van der Waals surface area contributed by atoms with Crippen molar-refractivity contribution in [3.63, 3.8) is 0 Å². The third-order valence-electron chi connectivity index (χ3n) is 1.99. The van der Waals surface area contributed by atoms with Crippen LogP contribution in [0.25, 0.3) is 0 Å². The second-order valence-corrected chi connectivity index (χ2v) is 6.17. The minimum atomic E-state index is -3.35. The molecular formula is C10H13N3O3S2. The van der Waals surface area contributed by atoms with E-state index in [0.29, 0.717) is 5.82 Å². The number of carbonyl (C=O) groups excluding carboxylic acids is 1. The minimum Gasteiger partial charge on any atom is -0.311 e. The molecule has 18 heavy (non-hydrogen) atoms. The highest BCUT2D eigenvalue weighted by Gasteiger charge is 2.10. The van der Waals surface area contributed by atoms with Gasteiger partial charge < -0.3 is 5.32 Å². The summed E-state index contributed by atoms with van der Waals surface area (Å²) in [6, 6.07) is 1.62. The summed E-state index contributed by atoms with van der Waals surface area (Å²) in [5, 5.41) is 4.08. The molecule has 0 unspecified atom stereocenters. The summed E-state index contributed by atoms with van der Waals surface area (Å²) in [6.07, 6.45) is 3.06. The van der Waals surface area contributed by atoms with E-state index < -0.39 is 15.7 Å². The Kier molecular flexibility index (Phi) is 5.29. The van der Waals surface area contributed by atoms with Crippen molar-refractivity contribution in [3.05, 3.63) is 24.4 Å². The molecule has 0 saturated heterocycles. The molecule has 1 amide bonds. The second-order valence-electron chi connectivity index (χ2n) is 3.28. The summed E-state index contributed by atoms with van der Waals surface area (Å²) < 4.78 is 22.3. The van der Waals surface area contributed by atoms with Crippen molar-refractivity contribution in [2.45, 2.75) is 11.4 Å². The van der Waals surface area contributed by atoms with E-state index in [2.05, 4.69) is 21.9 Å². The predicted molar refractivity (Wildman–Crippen MR) is 71.0 cm³/mol. The van der Waals surface area contributed by atoms with Gasteiger partial charge in [0.25, 0.3) is 0 Å². The molecule has 1 aromatic heterocycles. The smallest absolute Gasteiger partial charge is 0.226 e. The number of anilines is 1. The summed E-state index contributed by atoms with van der Waals surface area (Å²) in [5.74, 6) is -0.315. The molecule has 1 rings (SSSR count). The molecule has 0 aliphatic heterocycles. The summed E-state index contributed by atoms with van der Waals surface area (Å²) in [6.45, 7) is 3.17. The third kappa shape index (κ3) is 4.84. The van der Waals surface area contributed by atoms with Crippen molar-refractivity contribution >= 4 is 33.3 Å². The van der Waals surface area contributed by atoms with E-state index in [1.54, 1.807) is 6.07 Å². The van der Waals surface area contributed by atoms with Crippen LogP contribution in [0.4, 0.5) is 5.82 Å². The zero-order valence-electron chi connectivity index (χ0n) is 9.79. The lowest BCUT2D eigenvalue weighted by molar-refractivity contribution is -0.115. The Balaban J connectivity index is 2.57. The minimum absolute atomic E-state index is 0.132. The molecule has 0 saturated carbocycles. The van der Waals surface area contributed by atoms with Gasteiger partial charge in [-0.05, 0) is 6.26 Å². The number of nitrogens with one attached hydrogen (secondary N) is 1. The Morgan fingerprint density at radius 3 is 2.89 bits per heavy atom. The highest BCUT2D eigenvalue weighted by atomic mass is 32.2. The van der Waals surface area contributed by atoms with Crippen molar-refractivity contribution in [1.29, 1.82) is 0 Å². The van der Waals surface area contributed by atoms with Gasteiger partial charge in [-0.25, -0.2) is 18.4 Å². The van der Waals surface area contributed by atoms with E-state index in [1.807, 2.05) is 6.26 Å². The topological polar surface area (TPSA) is 89.0 Å². The van der Waals surface area contributed by atoms with E-state index in [0.717, 1.165) is 10.4 Å². The highest BCUT2D eigenvalue weighted by molar-refractivity contribution is 7.98. The molecule has 98 valence electrons. The number of aromatic nitrogens is 2. The van der Waals surface area contributed by atoms with Crippen molar-refractivity contribution < 1.29 is 13.2 Å². The number of hydrogen-bond acceptors (Lipinski definition) is 6. The van der Waals surface area contributed by atoms with Gasteiger partial charge in [-0.15, -0.1) is 11.8 Å². The van der Waals surface area contributed by atoms with Crippen LogP contribution in [0.3, 0.4) is 0 Å². The first-order valence-electron chi connectivity index (χ1n) is 4.98. The Hall–Kier alpha value is -1.41. The van der Waals surface area contributed by atoms with Crippen LogP contribution in [-0.2, 0) is 14.6 Å². The number of rotatable bonds is 6. The molecule has 0 aromatic carbocycles. The molecule has 0 aliphatic carbocycles. The average Bonchev–Trinajstić information content (AvgIpc) is 2.37. The quantitative estimate of drug-likeness (QED) is 0.622. The van der Waals surface area contributed by atoms with Gasteiger partial charge in [0.1, 0.15) is 17.2 Å². The summed E-state index contributed by atoms with van der Waals surface area (Å²) in [7, 11) is -3.35. The predicted octanol–water partition coefficient (Wildman–Crippen LogP) is 1.09. The maximum Gasteiger partial charge on any atom is 0.226 e. The largest absolute Gasteiger partial charge is 0.311 e. The molecule has 0 fully saturated rings. The van der Waals surface area contributed by atoms with E-state index in [9.17, 15) is 13.2 Å². The molecule has 8 heteroatoms. The number of thioether (sulfide) groups is 1. The van der Waals surface area contributed by atoms with Crippen LogP contribution in [-0.4, -0.2) is 36.3 Å². The SMILES string of the molecule is C=CS(=O)(=O)CCC(=O)Nc1cc(SC)ncn1. The Labute approximate surface area is 110 Å². The first-order chi connectivity index (χ1) is 8.46. The van der Waals surface area contributed by atoms with E-state index in [4.69, 9.17) is 0 Å². The molecule has 1 heterocycles. The monoisotopic (exact) mass is 287 g/mol. The van der Waals surface area contributed by atoms with Crippen molar-refractivity contribution in [2.75, 3.05) is 17.3 Å². The van der Waals surface area contributed by atoms with Crippen molar-refractivity contribution in [2.24, 2.45) is 0 Å². The molecule has 0 radical (unpaired) electrons. The zero-order valence-corrected chi connectivity index (χ0v) is 11.4. The fourth-order valence-corrected chi connectivity index (χ4v) is 2.06. The standard InChI is InChI=1S/C10H13N3O3S2/c1-3-18(15,16)5-4-9(14)13-8-6-10(17-2)12-7-11-8/h3,6-7H,1,4-5H2,2H3,(H,11,12,13,14). The molecule has 0 spiro atoms. The van der Waals surface area contributed by atoms with Crippen LogP contribution in [0, 0.1) is 0 Å². The first-order valence-corrected chi connectivity index (χ1v) is 7.92. The molecular weight excluding hydrogens is 274 g/mol. The van der Waals surface area contributed by atoms with Crippen molar-refractivity contribution in [1.82, 2.24) is 9.97 Å². The number of carbonyl (C=O) groups is 1. The van der Waals surface area contributed by atoms with Crippen LogP contribution >= 0.6 is 11.8 Å². The molecule has 0 aliphatic rings. The number of amides is 1. The van der Waals surface area contributed by atoms with Gasteiger partial charge in [0.15, 0.2) is 9.84 Å². The summed E-state index contributed by atoms with van der Waals surface area (Å²) >= 11 is 1.42. The summed E-state index contributed by atoms with van der Waals surface area (Å²) in [5.41, 5.74) is 0. The zero-order chi connectivity index (χ0) is 13.6. The Morgan fingerprint density at radius 1 is 1.56 bits per heavy atom. The lowest BCUT2D eigenvalue weighted by Crippen LogP contribution is -2.16. The fraction of sp³-hybridized carbons (Fsp3) is 0.300. The molecule has 0 atom stereocenters. The van der Waals surface area contributed by atoms with Crippen LogP contribution in [0.15, 0.2) is 29.4 Å². The maximum atomic E-state index is 11.5. The third-order valence-corrected chi connectivity index (χ3v) is 3.91. The van der Waals surface area contributed by atoms with Crippen molar-refractivity contribution in [3.8, 4) is 0 Å². The van der Waals surface area contributed by atoms with Gasteiger partial charge in [0.05, 0.1) is 5.75 Å². The molecule has 1 N–H and O–H groups in total. The molecule has 6 nitrogen and oxygen atoms in total. The number of nitrogens with zero attached hydrogens (tertiary/aromatic N) is 2. The lowest BCUT2D eigenvalue weighted by atomic mass is 10.4. The fourth-order valence-electron chi connectivity index (χ4n) is 1.04.